The van der Waals surface area contributed by atoms with Crippen LogP contribution in [0.5, 0.6) is 0 Å². The molecule has 20 heavy (non-hydrogen) atoms. The molecule has 0 fully saturated rings. The first-order valence-corrected chi connectivity index (χ1v) is 6.38. The van der Waals surface area contributed by atoms with Gasteiger partial charge in [-0.3, -0.25) is 4.79 Å². The minimum absolute atomic E-state index is 0.217. The maximum atomic E-state index is 12.7. The summed E-state index contributed by atoms with van der Waals surface area (Å²) in [6, 6.07) is 4.35. The van der Waals surface area contributed by atoms with Gasteiger partial charge in [0.1, 0.15) is 0 Å². The van der Waals surface area contributed by atoms with Gasteiger partial charge in [-0.25, -0.2) is 0 Å². The number of amides is 1. The number of carbonyl (C=O) groups is 1. The van der Waals surface area contributed by atoms with Gasteiger partial charge in [-0.15, -0.1) is 0 Å². The molecule has 2 atom stereocenters. The normalized spacial score (nSPS) is 14.7. The summed E-state index contributed by atoms with van der Waals surface area (Å²) in [6.07, 6.45) is -4.05. The highest BCUT2D eigenvalue weighted by atomic mass is 19.4. The van der Waals surface area contributed by atoms with Gasteiger partial charge in [0.05, 0.1) is 18.1 Å². The molecule has 2 N–H and O–H groups in total. The Morgan fingerprint density at radius 1 is 1.40 bits per heavy atom. The van der Waals surface area contributed by atoms with Crippen LogP contribution in [0.4, 0.5) is 13.2 Å². The third kappa shape index (κ3) is 4.23. The minimum Gasteiger partial charge on any atom is -0.394 e. The number of nitrogens with one attached hydrogen (secondary N) is 1. The summed E-state index contributed by atoms with van der Waals surface area (Å²) < 4.78 is 38.0. The third-order valence-electron chi connectivity index (χ3n) is 3.00. The maximum Gasteiger partial charge on any atom is 0.416 e. The van der Waals surface area contributed by atoms with E-state index in [2.05, 4.69) is 5.32 Å². The Morgan fingerprint density at radius 3 is 2.55 bits per heavy atom. The van der Waals surface area contributed by atoms with Crippen LogP contribution >= 0.6 is 0 Å². The number of alkyl halides is 3. The second kappa shape index (κ2) is 6.74. The zero-order valence-corrected chi connectivity index (χ0v) is 11.4. The summed E-state index contributed by atoms with van der Waals surface area (Å²) in [5, 5.41) is 11.5. The van der Waals surface area contributed by atoms with Crippen LogP contribution in [0.1, 0.15) is 37.3 Å². The Bertz CT molecular complexity index is 460. The predicted molar refractivity (Wildman–Crippen MR) is 69.2 cm³/mol. The van der Waals surface area contributed by atoms with E-state index in [1.807, 2.05) is 0 Å². The number of aliphatic hydroxyl groups is 1. The van der Waals surface area contributed by atoms with E-state index >= 15 is 0 Å². The van der Waals surface area contributed by atoms with Gasteiger partial charge in [-0.05, 0) is 25.0 Å². The van der Waals surface area contributed by atoms with Gasteiger partial charge < -0.3 is 10.4 Å². The number of carbonyl (C=O) groups excluding carboxylic acids is 1. The Balaban J connectivity index is 2.98. The number of rotatable bonds is 5. The Morgan fingerprint density at radius 2 is 2.05 bits per heavy atom. The summed E-state index contributed by atoms with van der Waals surface area (Å²) in [7, 11) is 0. The number of benzene rings is 1. The first-order chi connectivity index (χ1) is 9.29. The quantitative estimate of drug-likeness (QED) is 0.875. The molecule has 3 nitrogen and oxygen atoms in total. The fourth-order valence-electron chi connectivity index (χ4n) is 1.89. The van der Waals surface area contributed by atoms with E-state index < -0.39 is 23.7 Å². The molecule has 6 heteroatoms. The summed E-state index contributed by atoms with van der Waals surface area (Å²) in [6.45, 7) is 3.13. The highest BCUT2D eigenvalue weighted by molar-refractivity contribution is 5.83. The minimum atomic E-state index is -4.43. The van der Waals surface area contributed by atoms with E-state index in [4.69, 9.17) is 5.11 Å². The molecular weight excluding hydrogens is 271 g/mol. The molecule has 0 saturated heterocycles. The fourth-order valence-corrected chi connectivity index (χ4v) is 1.89. The average Bonchev–Trinajstić information content (AvgIpc) is 2.38. The number of halogens is 3. The van der Waals surface area contributed by atoms with Gasteiger partial charge in [0.25, 0.3) is 0 Å². The number of hydrogen-bond donors (Lipinski definition) is 2. The van der Waals surface area contributed by atoms with E-state index in [-0.39, 0.29) is 12.5 Å². The largest absolute Gasteiger partial charge is 0.416 e. The van der Waals surface area contributed by atoms with Crippen LogP contribution in [0.2, 0.25) is 0 Å². The Kier molecular flexibility index (Phi) is 5.56. The molecule has 0 aliphatic rings. The van der Waals surface area contributed by atoms with Gasteiger partial charge in [-0.1, -0.05) is 25.1 Å². The first kappa shape index (κ1) is 16.5. The number of aliphatic hydroxyl groups excluding tert-OH is 1. The zero-order chi connectivity index (χ0) is 15.3. The van der Waals surface area contributed by atoms with Crippen molar-refractivity contribution in [3.8, 4) is 0 Å². The van der Waals surface area contributed by atoms with Crippen molar-refractivity contribution in [3.63, 3.8) is 0 Å². The van der Waals surface area contributed by atoms with Crippen LogP contribution in [-0.2, 0) is 11.0 Å². The first-order valence-electron chi connectivity index (χ1n) is 6.38. The third-order valence-corrected chi connectivity index (χ3v) is 3.00. The van der Waals surface area contributed by atoms with Crippen molar-refractivity contribution in [2.24, 2.45) is 0 Å². The van der Waals surface area contributed by atoms with Gasteiger partial charge in [0, 0.05) is 6.04 Å². The molecule has 2 unspecified atom stereocenters. The molecular formula is C14H18F3NO2. The van der Waals surface area contributed by atoms with Crippen molar-refractivity contribution >= 4 is 5.91 Å². The Labute approximate surface area is 115 Å². The van der Waals surface area contributed by atoms with Gasteiger partial charge in [0.2, 0.25) is 5.91 Å². The van der Waals surface area contributed by atoms with Crippen LogP contribution in [0.3, 0.4) is 0 Å². The van der Waals surface area contributed by atoms with Crippen LogP contribution in [-0.4, -0.2) is 23.7 Å². The standard InChI is InChI=1S/C14H18F3NO2/c1-3-12(13(20)18-9(2)8-19)10-5-4-6-11(7-10)14(15,16)17/h4-7,9,12,19H,3,8H2,1-2H3,(H,18,20). The van der Waals surface area contributed by atoms with Crippen molar-refractivity contribution in [3.05, 3.63) is 35.4 Å². The maximum absolute atomic E-state index is 12.7. The lowest BCUT2D eigenvalue weighted by Gasteiger charge is -2.19. The van der Waals surface area contributed by atoms with Crippen LogP contribution in [0, 0.1) is 0 Å². The van der Waals surface area contributed by atoms with Gasteiger partial charge in [0.15, 0.2) is 0 Å². The van der Waals surface area contributed by atoms with E-state index in [9.17, 15) is 18.0 Å². The van der Waals surface area contributed by atoms with Crippen molar-refractivity contribution in [1.82, 2.24) is 5.32 Å². The van der Waals surface area contributed by atoms with Crippen molar-refractivity contribution in [2.45, 2.75) is 38.4 Å². The molecule has 0 heterocycles. The molecule has 1 aromatic carbocycles. The highest BCUT2D eigenvalue weighted by Gasteiger charge is 2.31. The lowest BCUT2D eigenvalue weighted by Crippen LogP contribution is -2.38. The van der Waals surface area contributed by atoms with Crippen LogP contribution in [0.25, 0.3) is 0 Å². The van der Waals surface area contributed by atoms with Crippen molar-refractivity contribution in [2.75, 3.05) is 6.61 Å². The highest BCUT2D eigenvalue weighted by Crippen LogP contribution is 2.31. The second-order valence-electron chi connectivity index (χ2n) is 4.68. The van der Waals surface area contributed by atoms with E-state index in [1.165, 1.54) is 12.1 Å². The molecule has 112 valence electrons. The van der Waals surface area contributed by atoms with Crippen LogP contribution < -0.4 is 5.32 Å². The average molecular weight is 289 g/mol. The molecule has 1 rings (SSSR count). The molecule has 0 aliphatic heterocycles. The molecule has 1 aromatic rings. The van der Waals surface area contributed by atoms with Gasteiger partial charge >= 0.3 is 6.18 Å². The predicted octanol–water partition coefficient (Wildman–Crippen LogP) is 2.70. The number of hydrogen-bond acceptors (Lipinski definition) is 2. The van der Waals surface area contributed by atoms with Crippen molar-refractivity contribution in [1.29, 1.82) is 0 Å². The Hall–Kier alpha value is -1.56. The molecule has 0 bridgehead atoms. The van der Waals surface area contributed by atoms with Gasteiger partial charge in [-0.2, -0.15) is 13.2 Å². The molecule has 0 radical (unpaired) electrons. The van der Waals surface area contributed by atoms with E-state index in [0.717, 1.165) is 12.1 Å². The lowest BCUT2D eigenvalue weighted by atomic mass is 9.93. The van der Waals surface area contributed by atoms with Crippen molar-refractivity contribution < 1.29 is 23.1 Å². The molecule has 0 spiro atoms. The summed E-state index contributed by atoms with van der Waals surface area (Å²) >= 11 is 0. The second-order valence-corrected chi connectivity index (χ2v) is 4.68. The smallest absolute Gasteiger partial charge is 0.394 e. The molecule has 0 aromatic heterocycles. The molecule has 0 saturated carbocycles. The summed E-state index contributed by atoms with van der Waals surface area (Å²) in [5.74, 6) is -1.04. The summed E-state index contributed by atoms with van der Waals surface area (Å²) in [4.78, 5) is 12.0. The monoisotopic (exact) mass is 289 g/mol. The lowest BCUT2D eigenvalue weighted by molar-refractivity contribution is -0.137. The molecule has 1 amide bonds. The molecule has 0 aliphatic carbocycles. The van der Waals surface area contributed by atoms with E-state index in [0.29, 0.717) is 12.0 Å². The zero-order valence-electron chi connectivity index (χ0n) is 11.4. The topological polar surface area (TPSA) is 49.3 Å². The van der Waals surface area contributed by atoms with E-state index in [1.54, 1.807) is 13.8 Å². The SMILES string of the molecule is CCC(C(=O)NC(C)CO)c1cccc(C(F)(F)F)c1. The van der Waals surface area contributed by atoms with Crippen LogP contribution in [0.15, 0.2) is 24.3 Å². The summed E-state index contributed by atoms with van der Waals surface area (Å²) in [5.41, 5.74) is -0.443. The fraction of sp³-hybridized carbons (Fsp3) is 0.500.